The van der Waals surface area contributed by atoms with E-state index in [1.54, 1.807) is 24.4 Å². The molecule has 7 nitrogen and oxygen atoms in total. The Morgan fingerprint density at radius 2 is 1.61 bits per heavy atom. The summed E-state index contributed by atoms with van der Waals surface area (Å²) in [5, 5.41) is 24.5. The van der Waals surface area contributed by atoms with Crippen LogP contribution in [-0.2, 0) is 13.0 Å². The van der Waals surface area contributed by atoms with Crippen LogP contribution in [0.5, 0.6) is 0 Å². The van der Waals surface area contributed by atoms with Crippen LogP contribution in [0.25, 0.3) is 0 Å². The summed E-state index contributed by atoms with van der Waals surface area (Å²) in [6.45, 7) is 0.477. The van der Waals surface area contributed by atoms with Crippen molar-refractivity contribution in [2.75, 3.05) is 0 Å². The molecule has 0 saturated heterocycles. The van der Waals surface area contributed by atoms with E-state index in [9.17, 15) is 9.90 Å². The Labute approximate surface area is 162 Å². The molecule has 0 fully saturated rings. The van der Waals surface area contributed by atoms with Gasteiger partial charge in [0.15, 0.2) is 0 Å². The summed E-state index contributed by atoms with van der Waals surface area (Å²) in [7, 11) is 0. The van der Waals surface area contributed by atoms with Gasteiger partial charge in [-0.15, -0.1) is 0 Å². The van der Waals surface area contributed by atoms with Crippen LogP contribution < -0.4 is 11.5 Å². The number of hydrogen-bond donors (Lipinski definition) is 5. The number of hydrogen-bond acceptors (Lipinski definition) is 3. The lowest BCUT2D eigenvalue weighted by Crippen LogP contribution is -2.11. The molecule has 0 aliphatic heterocycles. The third-order valence-corrected chi connectivity index (χ3v) is 4.46. The molecule has 0 aliphatic rings. The van der Waals surface area contributed by atoms with Gasteiger partial charge in [-0.2, -0.15) is 0 Å². The summed E-state index contributed by atoms with van der Waals surface area (Å²) in [6, 6.07) is 14.5. The largest absolute Gasteiger partial charge is 0.478 e. The number of nitrogens with zero attached hydrogens (tertiary/aromatic N) is 1. The molecule has 0 spiro atoms. The van der Waals surface area contributed by atoms with Gasteiger partial charge in [-0.1, -0.05) is 42.5 Å². The minimum absolute atomic E-state index is 0.00304. The van der Waals surface area contributed by atoms with E-state index in [4.69, 9.17) is 22.3 Å². The number of carbonyl (C=O) groups is 1. The molecule has 0 bridgehead atoms. The Kier molecular flexibility index (Phi) is 5.26. The van der Waals surface area contributed by atoms with Crippen LogP contribution in [-0.4, -0.2) is 27.3 Å². The first kappa shape index (κ1) is 18.9. The first-order valence-corrected chi connectivity index (χ1v) is 8.62. The van der Waals surface area contributed by atoms with E-state index >= 15 is 0 Å². The molecule has 0 aliphatic carbocycles. The highest BCUT2D eigenvalue weighted by Gasteiger charge is 2.14. The second-order valence-corrected chi connectivity index (χ2v) is 6.58. The number of nitrogens with one attached hydrogen (secondary N) is 2. The van der Waals surface area contributed by atoms with Gasteiger partial charge in [-0.3, -0.25) is 10.8 Å². The van der Waals surface area contributed by atoms with Crippen LogP contribution in [0.4, 0.5) is 0 Å². The Balaban J connectivity index is 1.85. The van der Waals surface area contributed by atoms with E-state index in [1.807, 2.05) is 41.1 Å². The Hall–Kier alpha value is -3.87. The fourth-order valence-corrected chi connectivity index (χ4v) is 3.05. The van der Waals surface area contributed by atoms with Crippen molar-refractivity contribution in [2.45, 2.75) is 13.0 Å². The van der Waals surface area contributed by atoms with Gasteiger partial charge in [0, 0.05) is 30.1 Å². The third kappa shape index (κ3) is 4.27. The molecule has 0 atom stereocenters. The molecule has 0 radical (unpaired) electrons. The number of aromatic carboxylic acids is 1. The maximum Gasteiger partial charge on any atom is 0.337 e. The third-order valence-electron chi connectivity index (χ3n) is 4.46. The second-order valence-electron chi connectivity index (χ2n) is 6.58. The zero-order valence-corrected chi connectivity index (χ0v) is 15.1. The summed E-state index contributed by atoms with van der Waals surface area (Å²) in [5.74, 6) is -0.987. The quantitative estimate of drug-likeness (QED) is 0.319. The van der Waals surface area contributed by atoms with Crippen LogP contribution in [0.15, 0.2) is 60.9 Å². The molecule has 2 aromatic carbocycles. The van der Waals surface area contributed by atoms with E-state index in [2.05, 4.69) is 0 Å². The van der Waals surface area contributed by atoms with Crippen LogP contribution in [0.3, 0.4) is 0 Å². The number of carboxylic acid groups (broad SMARTS) is 1. The molecule has 3 aromatic rings. The van der Waals surface area contributed by atoms with Gasteiger partial charge in [0.25, 0.3) is 0 Å². The number of aromatic nitrogens is 1. The summed E-state index contributed by atoms with van der Waals surface area (Å²) in [5.41, 5.74) is 15.1. The van der Waals surface area contributed by atoms with Crippen LogP contribution >= 0.6 is 0 Å². The monoisotopic (exact) mass is 375 g/mol. The molecule has 1 heterocycles. The highest BCUT2D eigenvalue weighted by molar-refractivity contribution is 5.95. The number of nitrogen functional groups attached to an aromatic ring is 2. The molecular formula is C21H21N5O2. The maximum atomic E-state index is 11.7. The molecule has 7 heteroatoms. The average Bonchev–Trinajstić information content (AvgIpc) is 3.05. The number of rotatable bonds is 7. The predicted molar refractivity (Wildman–Crippen MR) is 108 cm³/mol. The van der Waals surface area contributed by atoms with Crippen LogP contribution in [0.1, 0.15) is 38.2 Å². The van der Waals surface area contributed by atoms with E-state index in [0.29, 0.717) is 29.7 Å². The van der Waals surface area contributed by atoms with E-state index in [-0.39, 0.29) is 17.2 Å². The Morgan fingerprint density at radius 1 is 0.929 bits per heavy atom. The standard InChI is InChI=1S/C21H21N5O2/c22-19(23)15-6-4-13(5-7-15)8-17-11-26(12-18(17)21(27)28)10-14-2-1-3-16(9-14)20(24)25/h1-7,9,11-12H,8,10H2,(H3,22,23)(H3,24,25)(H,27,28). The predicted octanol–water partition coefficient (Wildman–Crippen LogP) is 2.39. The normalized spacial score (nSPS) is 10.6. The fraction of sp³-hybridized carbons (Fsp3) is 0.0952. The van der Waals surface area contributed by atoms with Gasteiger partial charge < -0.3 is 21.1 Å². The van der Waals surface area contributed by atoms with Gasteiger partial charge in [0.05, 0.1) is 5.56 Å². The Morgan fingerprint density at radius 3 is 2.21 bits per heavy atom. The van der Waals surface area contributed by atoms with Crippen molar-refractivity contribution in [3.05, 3.63) is 94.3 Å². The first-order chi connectivity index (χ1) is 13.3. The summed E-state index contributed by atoms with van der Waals surface area (Å²) in [6.07, 6.45) is 3.89. The summed E-state index contributed by atoms with van der Waals surface area (Å²) in [4.78, 5) is 11.7. The highest BCUT2D eigenvalue weighted by Crippen LogP contribution is 2.18. The molecule has 3 rings (SSSR count). The van der Waals surface area contributed by atoms with Crippen molar-refractivity contribution < 1.29 is 9.90 Å². The maximum absolute atomic E-state index is 11.7. The summed E-state index contributed by atoms with van der Waals surface area (Å²) < 4.78 is 1.82. The minimum atomic E-state index is -0.980. The van der Waals surface area contributed by atoms with Gasteiger partial charge in [0.2, 0.25) is 0 Å². The smallest absolute Gasteiger partial charge is 0.337 e. The second kappa shape index (κ2) is 7.79. The SMILES string of the molecule is N=C(N)c1ccc(Cc2cn(Cc3cccc(C(=N)N)c3)cc2C(=O)O)cc1. The van der Waals surface area contributed by atoms with Gasteiger partial charge in [0.1, 0.15) is 11.7 Å². The lowest BCUT2D eigenvalue weighted by atomic mass is 10.0. The molecule has 142 valence electrons. The topological polar surface area (TPSA) is 142 Å². The van der Waals surface area contributed by atoms with Gasteiger partial charge in [-0.05, 0) is 29.2 Å². The van der Waals surface area contributed by atoms with Gasteiger partial charge in [-0.25, -0.2) is 4.79 Å². The van der Waals surface area contributed by atoms with Crippen molar-refractivity contribution in [3.63, 3.8) is 0 Å². The van der Waals surface area contributed by atoms with Crippen molar-refractivity contribution in [3.8, 4) is 0 Å². The Bertz CT molecular complexity index is 1050. The van der Waals surface area contributed by atoms with Crippen molar-refractivity contribution in [1.82, 2.24) is 4.57 Å². The number of benzene rings is 2. The lowest BCUT2D eigenvalue weighted by molar-refractivity contribution is 0.0696. The van der Waals surface area contributed by atoms with E-state index < -0.39 is 5.97 Å². The van der Waals surface area contributed by atoms with Crippen molar-refractivity contribution in [2.24, 2.45) is 11.5 Å². The number of amidine groups is 2. The minimum Gasteiger partial charge on any atom is -0.478 e. The molecule has 28 heavy (non-hydrogen) atoms. The summed E-state index contributed by atoms with van der Waals surface area (Å²) >= 11 is 0. The van der Waals surface area contributed by atoms with E-state index in [0.717, 1.165) is 11.1 Å². The van der Waals surface area contributed by atoms with Crippen LogP contribution in [0.2, 0.25) is 0 Å². The molecule has 0 unspecified atom stereocenters. The van der Waals surface area contributed by atoms with Crippen molar-refractivity contribution in [1.29, 1.82) is 10.8 Å². The lowest BCUT2D eigenvalue weighted by Gasteiger charge is -2.06. The zero-order valence-electron chi connectivity index (χ0n) is 15.1. The molecule has 0 amide bonds. The zero-order chi connectivity index (χ0) is 20.3. The van der Waals surface area contributed by atoms with Crippen LogP contribution in [0, 0.1) is 10.8 Å². The highest BCUT2D eigenvalue weighted by atomic mass is 16.4. The fourth-order valence-electron chi connectivity index (χ4n) is 3.05. The van der Waals surface area contributed by atoms with Gasteiger partial charge >= 0.3 is 5.97 Å². The van der Waals surface area contributed by atoms with E-state index in [1.165, 1.54) is 0 Å². The molecule has 1 aromatic heterocycles. The average molecular weight is 375 g/mol. The first-order valence-electron chi connectivity index (χ1n) is 8.62. The molecular weight excluding hydrogens is 354 g/mol. The number of nitrogens with two attached hydrogens (primary N) is 2. The molecule has 7 N–H and O–H groups in total. The van der Waals surface area contributed by atoms with Crippen molar-refractivity contribution >= 4 is 17.6 Å². The number of carboxylic acids is 1. The molecule has 0 saturated carbocycles.